The Morgan fingerprint density at radius 3 is 2.68 bits per heavy atom. The molecular formula is C22H29NO5. The van der Waals surface area contributed by atoms with Crippen molar-refractivity contribution in [3.05, 3.63) is 59.9 Å². The summed E-state index contributed by atoms with van der Waals surface area (Å²) in [4.78, 5) is 4.24. The fourth-order valence-electron chi connectivity index (χ4n) is 3.21. The van der Waals surface area contributed by atoms with Crippen LogP contribution < -0.4 is 4.74 Å². The lowest BCUT2D eigenvalue weighted by atomic mass is 10.1. The first-order valence-electron chi connectivity index (χ1n) is 9.90. The van der Waals surface area contributed by atoms with Crippen molar-refractivity contribution >= 4 is 0 Å². The van der Waals surface area contributed by atoms with Gasteiger partial charge in [0.05, 0.1) is 24.5 Å². The molecule has 3 rings (SSSR count). The SMILES string of the molecule is OCC1CC(O)CC(OCCCCc2ccc(OCc3ccccn3)cc2)O1. The van der Waals surface area contributed by atoms with E-state index < -0.39 is 12.4 Å². The van der Waals surface area contributed by atoms with Gasteiger partial charge < -0.3 is 24.4 Å². The molecule has 28 heavy (non-hydrogen) atoms. The molecule has 3 atom stereocenters. The molecule has 1 aliphatic heterocycles. The first-order chi connectivity index (χ1) is 13.7. The molecule has 1 aromatic carbocycles. The van der Waals surface area contributed by atoms with Crippen molar-refractivity contribution in [2.75, 3.05) is 13.2 Å². The molecule has 1 aromatic heterocycles. The highest BCUT2D eigenvalue weighted by atomic mass is 16.7. The molecule has 6 heteroatoms. The van der Waals surface area contributed by atoms with Crippen LogP contribution in [0.5, 0.6) is 5.75 Å². The largest absolute Gasteiger partial charge is 0.487 e. The second-order valence-corrected chi connectivity index (χ2v) is 7.08. The van der Waals surface area contributed by atoms with Crippen LogP contribution in [0.4, 0.5) is 0 Å². The number of benzene rings is 1. The lowest BCUT2D eigenvalue weighted by Crippen LogP contribution is -2.39. The molecule has 0 amide bonds. The van der Waals surface area contributed by atoms with E-state index in [4.69, 9.17) is 19.3 Å². The van der Waals surface area contributed by atoms with Crippen molar-refractivity contribution in [3.63, 3.8) is 0 Å². The Labute approximate surface area is 166 Å². The first kappa shape index (κ1) is 20.7. The van der Waals surface area contributed by atoms with Crippen LogP contribution in [-0.2, 0) is 22.5 Å². The van der Waals surface area contributed by atoms with E-state index in [1.54, 1.807) is 6.20 Å². The zero-order chi connectivity index (χ0) is 19.6. The van der Waals surface area contributed by atoms with Gasteiger partial charge in [-0.25, -0.2) is 0 Å². The maximum atomic E-state index is 9.77. The Morgan fingerprint density at radius 1 is 1.07 bits per heavy atom. The Kier molecular flexibility index (Phi) is 8.23. The van der Waals surface area contributed by atoms with Gasteiger partial charge in [0.2, 0.25) is 0 Å². The monoisotopic (exact) mass is 387 g/mol. The van der Waals surface area contributed by atoms with Crippen LogP contribution in [-0.4, -0.2) is 46.9 Å². The van der Waals surface area contributed by atoms with E-state index in [0.29, 0.717) is 26.1 Å². The average molecular weight is 387 g/mol. The minimum absolute atomic E-state index is 0.0848. The van der Waals surface area contributed by atoms with Crippen molar-refractivity contribution in [2.24, 2.45) is 0 Å². The molecule has 2 N–H and O–H groups in total. The van der Waals surface area contributed by atoms with Gasteiger partial charge in [0.15, 0.2) is 6.29 Å². The predicted octanol–water partition coefficient (Wildman–Crippen LogP) is 2.86. The number of nitrogens with zero attached hydrogens (tertiary/aromatic N) is 1. The highest BCUT2D eigenvalue weighted by molar-refractivity contribution is 5.27. The number of unbranched alkanes of at least 4 members (excludes halogenated alkanes) is 1. The third kappa shape index (κ3) is 6.87. The standard InChI is InChI=1S/C22H29NO5/c24-15-21-13-19(25)14-22(28-21)26-12-4-2-5-17-7-9-20(10-8-17)27-16-18-6-1-3-11-23-18/h1,3,6-11,19,21-22,24-25H,2,4-5,12-16H2. The summed E-state index contributed by atoms with van der Waals surface area (Å²) in [6, 6.07) is 13.9. The third-order valence-electron chi connectivity index (χ3n) is 4.75. The van der Waals surface area contributed by atoms with E-state index in [0.717, 1.165) is 30.7 Å². The molecule has 0 saturated carbocycles. The van der Waals surface area contributed by atoms with E-state index >= 15 is 0 Å². The third-order valence-corrected chi connectivity index (χ3v) is 4.75. The zero-order valence-electron chi connectivity index (χ0n) is 16.1. The van der Waals surface area contributed by atoms with Gasteiger partial charge in [0.25, 0.3) is 0 Å². The molecule has 1 saturated heterocycles. The van der Waals surface area contributed by atoms with E-state index in [-0.39, 0.29) is 12.7 Å². The van der Waals surface area contributed by atoms with Crippen molar-refractivity contribution in [2.45, 2.75) is 57.2 Å². The van der Waals surface area contributed by atoms with Crippen molar-refractivity contribution in [3.8, 4) is 5.75 Å². The topological polar surface area (TPSA) is 81.0 Å². The number of ether oxygens (including phenoxy) is 3. The van der Waals surface area contributed by atoms with E-state index in [1.807, 2.05) is 30.3 Å². The molecular weight excluding hydrogens is 358 g/mol. The van der Waals surface area contributed by atoms with Gasteiger partial charge in [0, 0.05) is 25.6 Å². The summed E-state index contributed by atoms with van der Waals surface area (Å²) in [5.74, 6) is 0.837. The molecule has 6 nitrogen and oxygen atoms in total. The van der Waals surface area contributed by atoms with Crippen molar-refractivity contribution in [1.82, 2.24) is 4.98 Å². The molecule has 0 aliphatic carbocycles. The van der Waals surface area contributed by atoms with Crippen LogP contribution in [0.2, 0.25) is 0 Å². The van der Waals surface area contributed by atoms with E-state index in [2.05, 4.69) is 17.1 Å². The maximum absolute atomic E-state index is 9.77. The fourth-order valence-corrected chi connectivity index (χ4v) is 3.21. The highest BCUT2D eigenvalue weighted by Crippen LogP contribution is 2.21. The average Bonchev–Trinajstić information content (AvgIpc) is 2.73. The normalized spacial score (nSPS) is 22.1. The summed E-state index contributed by atoms with van der Waals surface area (Å²) < 4.78 is 17.0. The highest BCUT2D eigenvalue weighted by Gasteiger charge is 2.28. The van der Waals surface area contributed by atoms with Crippen LogP contribution in [0, 0.1) is 0 Å². The van der Waals surface area contributed by atoms with E-state index in [1.165, 1.54) is 5.56 Å². The minimum Gasteiger partial charge on any atom is -0.487 e. The maximum Gasteiger partial charge on any atom is 0.160 e. The second-order valence-electron chi connectivity index (χ2n) is 7.08. The van der Waals surface area contributed by atoms with Gasteiger partial charge in [-0.1, -0.05) is 18.2 Å². The second kappa shape index (κ2) is 11.1. The number of aromatic nitrogens is 1. The van der Waals surface area contributed by atoms with Gasteiger partial charge in [0.1, 0.15) is 12.4 Å². The Balaban J connectivity index is 1.31. The molecule has 0 radical (unpaired) electrons. The lowest BCUT2D eigenvalue weighted by molar-refractivity contribution is -0.221. The molecule has 0 bridgehead atoms. The molecule has 1 fully saturated rings. The van der Waals surface area contributed by atoms with Crippen LogP contribution >= 0.6 is 0 Å². The summed E-state index contributed by atoms with van der Waals surface area (Å²) in [5.41, 5.74) is 2.17. The zero-order valence-corrected chi connectivity index (χ0v) is 16.1. The summed E-state index contributed by atoms with van der Waals surface area (Å²) in [6.45, 7) is 0.964. The minimum atomic E-state index is -0.464. The van der Waals surface area contributed by atoms with Gasteiger partial charge in [-0.15, -0.1) is 0 Å². The van der Waals surface area contributed by atoms with Gasteiger partial charge in [-0.3, -0.25) is 4.98 Å². The number of hydrogen-bond acceptors (Lipinski definition) is 6. The van der Waals surface area contributed by atoms with Crippen molar-refractivity contribution < 1.29 is 24.4 Å². The number of aryl methyl sites for hydroxylation is 1. The fraction of sp³-hybridized carbons (Fsp3) is 0.500. The Hall–Kier alpha value is -1.99. The molecule has 1 aliphatic rings. The van der Waals surface area contributed by atoms with Crippen LogP contribution in [0.25, 0.3) is 0 Å². The van der Waals surface area contributed by atoms with Crippen LogP contribution in [0.15, 0.2) is 48.7 Å². The van der Waals surface area contributed by atoms with Gasteiger partial charge in [-0.2, -0.15) is 0 Å². The Bertz CT molecular complexity index is 679. The predicted molar refractivity (Wildman–Crippen MR) is 105 cm³/mol. The van der Waals surface area contributed by atoms with Crippen LogP contribution in [0.1, 0.15) is 36.9 Å². The molecule has 2 heterocycles. The summed E-state index contributed by atoms with van der Waals surface area (Å²) >= 11 is 0. The quantitative estimate of drug-likeness (QED) is 0.610. The smallest absolute Gasteiger partial charge is 0.160 e. The number of aliphatic hydroxyl groups is 2. The number of pyridine rings is 1. The van der Waals surface area contributed by atoms with E-state index in [9.17, 15) is 5.11 Å². The van der Waals surface area contributed by atoms with Gasteiger partial charge >= 0.3 is 0 Å². The first-order valence-corrected chi connectivity index (χ1v) is 9.90. The summed E-state index contributed by atoms with van der Waals surface area (Å²) in [5, 5.41) is 18.9. The summed E-state index contributed by atoms with van der Waals surface area (Å²) in [6.07, 6.45) is 4.38. The number of rotatable bonds is 10. The van der Waals surface area contributed by atoms with Crippen LogP contribution in [0.3, 0.4) is 0 Å². The molecule has 0 spiro atoms. The number of hydrogen-bond donors (Lipinski definition) is 2. The van der Waals surface area contributed by atoms with Gasteiger partial charge in [-0.05, 0) is 49.1 Å². The Morgan fingerprint density at radius 2 is 1.93 bits per heavy atom. The molecule has 2 aromatic rings. The lowest BCUT2D eigenvalue weighted by Gasteiger charge is -2.32. The number of aliphatic hydroxyl groups excluding tert-OH is 2. The molecule has 3 unspecified atom stereocenters. The molecule has 152 valence electrons. The summed E-state index contributed by atoms with van der Waals surface area (Å²) in [7, 11) is 0. The van der Waals surface area contributed by atoms with Crippen molar-refractivity contribution in [1.29, 1.82) is 0 Å².